The Balaban J connectivity index is 2.86. The van der Waals surface area contributed by atoms with Crippen molar-refractivity contribution < 1.29 is 19.1 Å². The molecular weight excluding hydrogens is 364 g/mol. The Morgan fingerprint density at radius 2 is 1.38 bits per heavy atom. The third kappa shape index (κ3) is 11.1. The number of ether oxygens (including phenoxy) is 2. The molecule has 0 aliphatic heterocycles. The lowest BCUT2D eigenvalue weighted by molar-refractivity contribution is -0.159. The Kier molecular flexibility index (Phi) is 10.2. The van der Waals surface area contributed by atoms with Crippen LogP contribution in [0.5, 0.6) is 0 Å². The van der Waals surface area contributed by atoms with Gasteiger partial charge < -0.3 is 9.47 Å². The van der Waals surface area contributed by atoms with Crippen molar-refractivity contribution in [1.29, 1.82) is 0 Å². The van der Waals surface area contributed by atoms with Gasteiger partial charge in [0.05, 0.1) is 25.6 Å². The summed E-state index contributed by atoms with van der Waals surface area (Å²) in [5.41, 5.74) is -0.172. The molecule has 1 aliphatic rings. The molecule has 0 spiro atoms. The normalized spacial score (nSPS) is 18.4. The van der Waals surface area contributed by atoms with Crippen molar-refractivity contribution in [3.8, 4) is 0 Å². The molecule has 0 saturated heterocycles. The highest BCUT2D eigenvalue weighted by atomic mass is 16.5. The quantitative estimate of drug-likeness (QED) is 0.412. The SMILES string of the molecule is CC(C)C(CC(CC(=O)OCC(C)(C)C)C(=O)OCC(C)(C)C)C1CCCCC1. The zero-order valence-electron chi connectivity index (χ0n) is 20.3. The molecule has 0 bridgehead atoms. The Morgan fingerprint density at radius 1 is 0.862 bits per heavy atom. The molecule has 0 radical (unpaired) electrons. The van der Waals surface area contributed by atoms with Crippen molar-refractivity contribution in [3.63, 3.8) is 0 Å². The minimum atomic E-state index is -0.417. The Hall–Kier alpha value is -1.06. The maximum Gasteiger partial charge on any atom is 0.309 e. The first kappa shape index (κ1) is 26.0. The lowest BCUT2D eigenvalue weighted by atomic mass is 9.71. The fraction of sp³-hybridized carbons (Fsp3) is 0.920. The zero-order chi connectivity index (χ0) is 22.2. The van der Waals surface area contributed by atoms with E-state index >= 15 is 0 Å². The highest BCUT2D eigenvalue weighted by Gasteiger charge is 2.34. The van der Waals surface area contributed by atoms with Gasteiger partial charge in [0, 0.05) is 0 Å². The monoisotopic (exact) mass is 410 g/mol. The van der Waals surface area contributed by atoms with Crippen molar-refractivity contribution in [2.45, 2.75) is 100 Å². The fourth-order valence-electron chi connectivity index (χ4n) is 4.13. The summed E-state index contributed by atoms with van der Waals surface area (Å²) in [7, 11) is 0. The average Bonchev–Trinajstić information content (AvgIpc) is 2.60. The molecule has 1 aliphatic carbocycles. The van der Waals surface area contributed by atoms with Crippen LogP contribution in [0.3, 0.4) is 0 Å². The van der Waals surface area contributed by atoms with E-state index in [1.807, 2.05) is 41.5 Å². The van der Waals surface area contributed by atoms with Gasteiger partial charge in [-0.2, -0.15) is 0 Å². The Labute approximate surface area is 179 Å². The lowest BCUT2D eigenvalue weighted by Crippen LogP contribution is -2.32. The van der Waals surface area contributed by atoms with E-state index in [1.165, 1.54) is 32.1 Å². The number of esters is 2. The molecule has 2 unspecified atom stereocenters. The van der Waals surface area contributed by atoms with Crippen molar-refractivity contribution in [2.75, 3.05) is 13.2 Å². The second-order valence-electron chi connectivity index (χ2n) is 11.8. The van der Waals surface area contributed by atoms with Gasteiger partial charge in [-0.15, -0.1) is 0 Å². The van der Waals surface area contributed by atoms with E-state index in [1.54, 1.807) is 0 Å². The average molecular weight is 411 g/mol. The summed E-state index contributed by atoms with van der Waals surface area (Å²) in [6.07, 6.45) is 7.19. The summed E-state index contributed by atoms with van der Waals surface area (Å²) >= 11 is 0. The molecule has 1 saturated carbocycles. The van der Waals surface area contributed by atoms with Crippen LogP contribution in [0.25, 0.3) is 0 Å². The van der Waals surface area contributed by atoms with Crippen molar-refractivity contribution in [2.24, 2.45) is 34.5 Å². The topological polar surface area (TPSA) is 52.6 Å². The molecule has 2 atom stereocenters. The van der Waals surface area contributed by atoms with Crippen molar-refractivity contribution in [3.05, 3.63) is 0 Å². The van der Waals surface area contributed by atoms with E-state index in [-0.39, 0.29) is 29.2 Å². The van der Waals surface area contributed by atoms with Gasteiger partial charge in [-0.3, -0.25) is 9.59 Å². The highest BCUT2D eigenvalue weighted by molar-refractivity contribution is 5.80. The molecule has 1 rings (SSSR count). The minimum Gasteiger partial charge on any atom is -0.465 e. The number of carbonyl (C=O) groups excluding carboxylic acids is 2. The van der Waals surface area contributed by atoms with E-state index in [2.05, 4.69) is 13.8 Å². The van der Waals surface area contributed by atoms with Crippen molar-refractivity contribution >= 4 is 11.9 Å². The molecule has 0 N–H and O–H groups in total. The van der Waals surface area contributed by atoms with Gasteiger partial charge in [-0.1, -0.05) is 87.5 Å². The van der Waals surface area contributed by atoms with Crippen LogP contribution >= 0.6 is 0 Å². The van der Waals surface area contributed by atoms with Gasteiger partial charge in [-0.05, 0) is 35.0 Å². The molecule has 170 valence electrons. The van der Waals surface area contributed by atoms with Crippen LogP contribution in [0.1, 0.15) is 100 Å². The Morgan fingerprint density at radius 3 is 1.86 bits per heavy atom. The maximum atomic E-state index is 12.9. The standard InChI is InChI=1S/C25H46O4/c1-18(2)21(19-12-10-9-11-13-19)14-20(23(27)29-17-25(6,7)8)15-22(26)28-16-24(3,4)5/h18-21H,9-17H2,1-8H3. The fourth-order valence-corrected chi connectivity index (χ4v) is 4.13. The largest absolute Gasteiger partial charge is 0.465 e. The molecule has 0 aromatic carbocycles. The molecule has 29 heavy (non-hydrogen) atoms. The Bertz CT molecular complexity index is 504. The van der Waals surface area contributed by atoms with Crippen LogP contribution in [-0.4, -0.2) is 25.2 Å². The first-order valence-corrected chi connectivity index (χ1v) is 11.6. The van der Waals surface area contributed by atoms with Gasteiger partial charge in [0.1, 0.15) is 0 Å². The summed E-state index contributed by atoms with van der Waals surface area (Å²) in [6, 6.07) is 0. The lowest BCUT2D eigenvalue weighted by Gasteiger charge is -2.35. The molecule has 0 aromatic heterocycles. The van der Waals surface area contributed by atoms with Crippen molar-refractivity contribution in [1.82, 2.24) is 0 Å². The summed E-state index contributed by atoms with van der Waals surface area (Å²) < 4.78 is 11.1. The van der Waals surface area contributed by atoms with Gasteiger partial charge in [-0.25, -0.2) is 0 Å². The highest BCUT2D eigenvalue weighted by Crippen LogP contribution is 2.38. The second-order valence-corrected chi connectivity index (χ2v) is 11.8. The van der Waals surface area contributed by atoms with Gasteiger partial charge in [0.25, 0.3) is 0 Å². The van der Waals surface area contributed by atoms with Gasteiger partial charge >= 0.3 is 11.9 Å². The van der Waals surface area contributed by atoms with Crippen LogP contribution in [-0.2, 0) is 19.1 Å². The predicted molar refractivity (Wildman–Crippen MR) is 118 cm³/mol. The van der Waals surface area contributed by atoms with Gasteiger partial charge in [0.2, 0.25) is 0 Å². The number of hydrogen-bond acceptors (Lipinski definition) is 4. The molecule has 1 fully saturated rings. The van der Waals surface area contributed by atoms with E-state index in [0.29, 0.717) is 31.0 Å². The van der Waals surface area contributed by atoms with Crippen LogP contribution in [0.4, 0.5) is 0 Å². The summed E-state index contributed by atoms with van der Waals surface area (Å²) in [5, 5.41) is 0. The predicted octanol–water partition coefficient (Wildman–Crippen LogP) is 6.41. The molecule has 4 nitrogen and oxygen atoms in total. The van der Waals surface area contributed by atoms with E-state index in [9.17, 15) is 9.59 Å². The third-order valence-corrected chi connectivity index (χ3v) is 5.73. The summed E-state index contributed by atoms with van der Waals surface area (Å²) in [4.78, 5) is 25.4. The third-order valence-electron chi connectivity index (χ3n) is 5.73. The summed E-state index contributed by atoms with van der Waals surface area (Å²) in [5.74, 6) is 0.629. The molecule has 4 heteroatoms. The molecule has 0 heterocycles. The van der Waals surface area contributed by atoms with Gasteiger partial charge in [0.15, 0.2) is 0 Å². The van der Waals surface area contributed by atoms with E-state index in [4.69, 9.17) is 9.47 Å². The van der Waals surface area contributed by atoms with Crippen LogP contribution < -0.4 is 0 Å². The molecule has 0 amide bonds. The van der Waals surface area contributed by atoms with E-state index < -0.39 is 5.92 Å². The first-order chi connectivity index (χ1) is 13.3. The van der Waals surface area contributed by atoms with Crippen LogP contribution in [0.15, 0.2) is 0 Å². The first-order valence-electron chi connectivity index (χ1n) is 11.6. The zero-order valence-corrected chi connectivity index (χ0v) is 20.3. The van der Waals surface area contributed by atoms with E-state index in [0.717, 1.165) is 6.42 Å². The number of hydrogen-bond donors (Lipinski definition) is 0. The number of carbonyl (C=O) groups is 2. The van der Waals surface area contributed by atoms with Crippen LogP contribution in [0, 0.1) is 34.5 Å². The molecular formula is C25H46O4. The smallest absolute Gasteiger partial charge is 0.309 e. The molecule has 0 aromatic rings. The maximum absolute atomic E-state index is 12.9. The second kappa shape index (κ2) is 11.4. The minimum absolute atomic E-state index is 0.0829. The van der Waals surface area contributed by atoms with Crippen LogP contribution in [0.2, 0.25) is 0 Å². The number of rotatable bonds is 9. The summed E-state index contributed by atoms with van der Waals surface area (Å²) in [6.45, 7) is 17.5.